The third-order valence-electron chi connectivity index (χ3n) is 3.40. The first kappa shape index (κ1) is 14.8. The number of alkyl halides is 2. The van der Waals surface area contributed by atoms with Crippen LogP contribution in [0, 0.1) is 5.92 Å². The average Bonchev–Trinajstić information content (AvgIpc) is 2.63. The third-order valence-corrected chi connectivity index (χ3v) is 5.02. The van der Waals surface area contributed by atoms with E-state index in [4.69, 9.17) is 21.1 Å². The van der Waals surface area contributed by atoms with Crippen molar-refractivity contribution in [3.63, 3.8) is 0 Å². The number of carbonyl (C=O) groups excluding carboxylic acids is 1. The maximum absolute atomic E-state index is 12.0. The van der Waals surface area contributed by atoms with Crippen molar-refractivity contribution < 1.29 is 14.3 Å². The molecule has 19 heavy (non-hydrogen) atoms. The van der Waals surface area contributed by atoms with E-state index in [0.717, 1.165) is 6.42 Å². The summed E-state index contributed by atoms with van der Waals surface area (Å²) in [5.74, 6) is -0.383. The van der Waals surface area contributed by atoms with Crippen molar-refractivity contribution in [3.8, 4) is 0 Å². The highest BCUT2D eigenvalue weighted by Gasteiger charge is 2.53. The van der Waals surface area contributed by atoms with Crippen molar-refractivity contribution in [1.29, 1.82) is 0 Å². The van der Waals surface area contributed by atoms with Gasteiger partial charge in [0.15, 0.2) is 3.78 Å². The normalized spacial score (nSPS) is 34.2. The summed E-state index contributed by atoms with van der Waals surface area (Å²) in [4.78, 5) is 12.0. The summed E-state index contributed by atoms with van der Waals surface area (Å²) in [6.45, 7) is 3.99. The number of rotatable bonds is 3. The number of halogens is 2. The molecule has 5 heteroatoms. The molecule has 1 aliphatic heterocycles. The van der Waals surface area contributed by atoms with E-state index in [2.05, 4.69) is 15.9 Å². The SMILES string of the molecule is CC[C@H]1OC(OC(=O)c2ccccc2)C(Cl)(Br)[C@@H]1C. The molecule has 1 aliphatic rings. The van der Waals surface area contributed by atoms with Gasteiger partial charge in [0.2, 0.25) is 6.29 Å². The predicted molar refractivity (Wildman–Crippen MR) is 77.5 cm³/mol. The van der Waals surface area contributed by atoms with Crippen LogP contribution in [0.5, 0.6) is 0 Å². The highest BCUT2D eigenvalue weighted by molar-refractivity contribution is 9.10. The summed E-state index contributed by atoms with van der Waals surface area (Å²) >= 11 is 9.82. The van der Waals surface area contributed by atoms with Gasteiger partial charge in [-0.2, -0.15) is 0 Å². The zero-order valence-electron chi connectivity index (χ0n) is 10.8. The van der Waals surface area contributed by atoms with Crippen molar-refractivity contribution in [2.75, 3.05) is 0 Å². The van der Waals surface area contributed by atoms with Crippen LogP contribution in [0.2, 0.25) is 0 Å². The van der Waals surface area contributed by atoms with Crippen LogP contribution in [-0.2, 0) is 9.47 Å². The Bertz CT molecular complexity index is 449. The van der Waals surface area contributed by atoms with Crippen LogP contribution in [0.15, 0.2) is 30.3 Å². The van der Waals surface area contributed by atoms with Crippen LogP contribution in [0.3, 0.4) is 0 Å². The highest BCUT2D eigenvalue weighted by atomic mass is 79.9. The van der Waals surface area contributed by atoms with Crippen molar-refractivity contribution in [2.45, 2.75) is 36.4 Å². The molecule has 0 radical (unpaired) electrons. The minimum absolute atomic E-state index is 0.0227. The molecule has 0 aromatic heterocycles. The lowest BCUT2D eigenvalue weighted by Gasteiger charge is -2.23. The van der Waals surface area contributed by atoms with Gasteiger partial charge in [-0.05, 0) is 18.6 Å². The molecule has 0 aliphatic carbocycles. The van der Waals surface area contributed by atoms with Gasteiger partial charge in [0, 0.05) is 5.92 Å². The zero-order chi connectivity index (χ0) is 14.0. The topological polar surface area (TPSA) is 35.5 Å². The van der Waals surface area contributed by atoms with Crippen LogP contribution in [0.25, 0.3) is 0 Å². The first-order valence-electron chi connectivity index (χ1n) is 6.26. The van der Waals surface area contributed by atoms with Crippen molar-refractivity contribution >= 4 is 33.5 Å². The smallest absolute Gasteiger partial charge is 0.340 e. The Morgan fingerprint density at radius 2 is 2.11 bits per heavy atom. The van der Waals surface area contributed by atoms with E-state index >= 15 is 0 Å². The van der Waals surface area contributed by atoms with E-state index in [1.165, 1.54) is 0 Å². The van der Waals surface area contributed by atoms with Crippen molar-refractivity contribution in [1.82, 2.24) is 0 Å². The van der Waals surface area contributed by atoms with E-state index in [1.807, 2.05) is 19.9 Å². The Balaban J connectivity index is 2.09. The molecule has 1 saturated heterocycles. The second-order valence-electron chi connectivity index (χ2n) is 4.65. The molecule has 2 rings (SSSR count). The highest BCUT2D eigenvalue weighted by Crippen LogP contribution is 2.47. The fraction of sp³-hybridized carbons (Fsp3) is 0.500. The van der Waals surface area contributed by atoms with E-state index in [9.17, 15) is 4.79 Å². The Hall–Kier alpha value is -0.580. The molecule has 1 heterocycles. The van der Waals surface area contributed by atoms with Crippen LogP contribution >= 0.6 is 27.5 Å². The van der Waals surface area contributed by atoms with Gasteiger partial charge in [0.25, 0.3) is 0 Å². The number of esters is 1. The summed E-state index contributed by atoms with van der Waals surface area (Å²) < 4.78 is 10.2. The monoisotopic (exact) mass is 346 g/mol. The summed E-state index contributed by atoms with van der Waals surface area (Å²) in [5, 5.41) is 0. The standard InChI is InChI=1S/C14H16BrClO3/c1-3-11-9(2)14(15,16)13(18-11)19-12(17)10-7-5-4-6-8-10/h4-9,11,13H,3H2,1-2H3/t9-,11-,13?,14?/m1/s1. The first-order valence-corrected chi connectivity index (χ1v) is 7.43. The number of hydrogen-bond donors (Lipinski definition) is 0. The maximum atomic E-state index is 12.0. The lowest BCUT2D eigenvalue weighted by molar-refractivity contribution is -0.104. The molecule has 1 fully saturated rings. The number of benzene rings is 1. The zero-order valence-corrected chi connectivity index (χ0v) is 13.1. The lowest BCUT2D eigenvalue weighted by atomic mass is 10.0. The van der Waals surface area contributed by atoms with Gasteiger partial charge in [-0.25, -0.2) is 4.79 Å². The molecular weight excluding hydrogens is 332 g/mol. The number of ether oxygens (including phenoxy) is 2. The molecule has 0 spiro atoms. The van der Waals surface area contributed by atoms with Gasteiger partial charge in [-0.3, -0.25) is 0 Å². The van der Waals surface area contributed by atoms with Gasteiger partial charge in [-0.15, -0.1) is 0 Å². The molecule has 2 unspecified atom stereocenters. The molecule has 1 aromatic rings. The largest absolute Gasteiger partial charge is 0.429 e. The van der Waals surface area contributed by atoms with Crippen LogP contribution in [0.1, 0.15) is 30.6 Å². The van der Waals surface area contributed by atoms with Gasteiger partial charge < -0.3 is 9.47 Å². The Morgan fingerprint density at radius 3 is 2.63 bits per heavy atom. The Labute approximate surface area is 126 Å². The molecule has 0 saturated carbocycles. The van der Waals surface area contributed by atoms with E-state index < -0.39 is 16.0 Å². The van der Waals surface area contributed by atoms with Crippen LogP contribution in [0.4, 0.5) is 0 Å². The summed E-state index contributed by atoms with van der Waals surface area (Å²) in [5.41, 5.74) is 0.485. The number of carbonyl (C=O) groups is 1. The lowest BCUT2D eigenvalue weighted by Crippen LogP contribution is -2.34. The predicted octanol–water partition coefficient (Wildman–Crippen LogP) is 3.94. The molecule has 104 valence electrons. The molecular formula is C14H16BrClO3. The van der Waals surface area contributed by atoms with Crippen LogP contribution < -0.4 is 0 Å². The fourth-order valence-corrected chi connectivity index (χ4v) is 2.86. The van der Waals surface area contributed by atoms with Crippen molar-refractivity contribution in [2.24, 2.45) is 5.92 Å². The quantitative estimate of drug-likeness (QED) is 0.613. The van der Waals surface area contributed by atoms with E-state index in [-0.39, 0.29) is 12.0 Å². The molecule has 4 atom stereocenters. The van der Waals surface area contributed by atoms with Gasteiger partial charge in [-0.1, -0.05) is 59.6 Å². The van der Waals surface area contributed by atoms with Gasteiger partial charge in [0.05, 0.1) is 11.7 Å². The summed E-state index contributed by atoms with van der Waals surface area (Å²) in [6.07, 6.45) is 0.00735. The molecule has 3 nitrogen and oxygen atoms in total. The van der Waals surface area contributed by atoms with E-state index in [1.54, 1.807) is 24.3 Å². The third kappa shape index (κ3) is 2.96. The molecule has 1 aromatic carbocycles. The first-order chi connectivity index (χ1) is 8.96. The van der Waals surface area contributed by atoms with E-state index in [0.29, 0.717) is 5.56 Å². The maximum Gasteiger partial charge on any atom is 0.340 e. The Morgan fingerprint density at radius 1 is 1.47 bits per heavy atom. The molecule has 0 amide bonds. The van der Waals surface area contributed by atoms with Gasteiger partial charge in [0.1, 0.15) is 0 Å². The molecule has 0 N–H and O–H groups in total. The van der Waals surface area contributed by atoms with Gasteiger partial charge >= 0.3 is 5.97 Å². The second kappa shape index (κ2) is 5.81. The molecule has 0 bridgehead atoms. The minimum atomic E-state index is -0.877. The second-order valence-corrected chi connectivity index (χ2v) is 7.04. The summed E-state index contributed by atoms with van der Waals surface area (Å²) in [6, 6.07) is 8.80. The fourth-order valence-electron chi connectivity index (χ4n) is 2.13. The van der Waals surface area contributed by atoms with Crippen LogP contribution in [-0.4, -0.2) is 22.1 Å². The average molecular weight is 348 g/mol. The Kier molecular flexibility index (Phi) is 4.54. The summed E-state index contributed by atoms with van der Waals surface area (Å²) in [7, 11) is 0. The minimum Gasteiger partial charge on any atom is -0.429 e. The van der Waals surface area contributed by atoms with Crippen molar-refractivity contribution in [3.05, 3.63) is 35.9 Å². The number of hydrogen-bond acceptors (Lipinski definition) is 3.